The van der Waals surface area contributed by atoms with Gasteiger partial charge in [-0.25, -0.2) is 9.97 Å². The third-order valence-corrected chi connectivity index (χ3v) is 3.91. The van der Waals surface area contributed by atoms with Crippen molar-refractivity contribution < 1.29 is 13.2 Å². The quantitative estimate of drug-likeness (QED) is 0.913. The van der Waals surface area contributed by atoms with E-state index in [-0.39, 0.29) is 0 Å². The van der Waals surface area contributed by atoms with Crippen LogP contribution >= 0.6 is 0 Å². The first-order chi connectivity index (χ1) is 12.0. The Morgan fingerprint density at radius 1 is 1.04 bits per heavy atom. The number of hydrogen-bond donors (Lipinski definition) is 1. The van der Waals surface area contributed by atoms with E-state index < -0.39 is 11.9 Å². The molecule has 0 bridgehead atoms. The van der Waals surface area contributed by atoms with Crippen molar-refractivity contribution in [2.75, 3.05) is 47.8 Å². The second kappa shape index (κ2) is 7.12. The molecule has 0 unspecified atom stereocenters. The number of pyridine rings is 1. The molecule has 3 heterocycles. The molecule has 1 saturated heterocycles. The Kier molecular flexibility index (Phi) is 4.91. The highest BCUT2D eigenvalue weighted by molar-refractivity contribution is 5.45. The highest BCUT2D eigenvalue weighted by atomic mass is 19.4. The topological polar surface area (TPSA) is 57.2 Å². The van der Waals surface area contributed by atoms with Crippen LogP contribution < -0.4 is 15.1 Å². The molecule has 2 aromatic rings. The van der Waals surface area contributed by atoms with Gasteiger partial charge in [0.1, 0.15) is 17.3 Å². The molecule has 0 aliphatic carbocycles. The van der Waals surface area contributed by atoms with Gasteiger partial charge in [0, 0.05) is 38.9 Å². The predicted molar refractivity (Wildman–Crippen MR) is 89.9 cm³/mol. The number of anilines is 3. The Morgan fingerprint density at radius 2 is 1.76 bits per heavy atom. The van der Waals surface area contributed by atoms with Gasteiger partial charge in [-0.15, -0.1) is 0 Å². The number of halogens is 3. The molecule has 1 aliphatic rings. The largest absolute Gasteiger partial charge is 0.433 e. The number of hydrogen-bond acceptors (Lipinski definition) is 6. The molecular formula is C16H19F3N6. The molecule has 9 heteroatoms. The first-order valence-corrected chi connectivity index (χ1v) is 8.08. The van der Waals surface area contributed by atoms with Crippen molar-refractivity contribution in [1.29, 1.82) is 0 Å². The third-order valence-electron chi connectivity index (χ3n) is 3.91. The lowest BCUT2D eigenvalue weighted by Gasteiger charge is -2.35. The maximum absolute atomic E-state index is 12.8. The lowest BCUT2D eigenvalue weighted by molar-refractivity contribution is -0.141. The summed E-state index contributed by atoms with van der Waals surface area (Å²) in [6, 6.07) is 5.78. The smallest absolute Gasteiger partial charge is 0.370 e. The van der Waals surface area contributed by atoms with Gasteiger partial charge in [-0.1, -0.05) is 6.07 Å². The molecule has 1 N–H and O–H groups in total. The second-order valence-corrected chi connectivity index (χ2v) is 5.63. The molecule has 0 amide bonds. The van der Waals surface area contributed by atoms with E-state index in [0.717, 1.165) is 18.4 Å². The number of aromatic nitrogens is 3. The van der Waals surface area contributed by atoms with Gasteiger partial charge in [-0.3, -0.25) is 0 Å². The molecule has 6 nitrogen and oxygen atoms in total. The maximum Gasteiger partial charge on any atom is 0.433 e. The van der Waals surface area contributed by atoms with E-state index in [0.29, 0.717) is 37.9 Å². The third kappa shape index (κ3) is 4.09. The molecule has 134 valence electrons. The summed E-state index contributed by atoms with van der Waals surface area (Å²) in [5, 5.41) is 3.14. The summed E-state index contributed by atoms with van der Waals surface area (Å²) in [7, 11) is 0. The lowest BCUT2D eigenvalue weighted by atomic mass is 10.3. The Morgan fingerprint density at radius 3 is 2.44 bits per heavy atom. The fourth-order valence-corrected chi connectivity index (χ4v) is 2.67. The average molecular weight is 352 g/mol. The highest BCUT2D eigenvalue weighted by Crippen LogP contribution is 2.29. The minimum absolute atomic E-state index is 0.344. The monoisotopic (exact) mass is 352 g/mol. The summed E-state index contributed by atoms with van der Waals surface area (Å²) in [6.07, 6.45) is -2.74. The Hall–Kier alpha value is -2.58. The molecular weight excluding hydrogens is 333 g/mol. The SMILES string of the molecule is CCNc1ccnc(N2CCN(c3cccc(C(F)(F)F)n3)CC2)n1. The van der Waals surface area contributed by atoms with Gasteiger partial charge in [0.2, 0.25) is 5.95 Å². The van der Waals surface area contributed by atoms with Crippen LogP contribution in [0.5, 0.6) is 0 Å². The summed E-state index contributed by atoms with van der Waals surface area (Å²) in [6.45, 7) is 5.11. The van der Waals surface area contributed by atoms with Crippen molar-refractivity contribution in [3.8, 4) is 0 Å². The zero-order valence-corrected chi connectivity index (χ0v) is 13.8. The molecule has 0 saturated carbocycles. The minimum Gasteiger partial charge on any atom is -0.370 e. The number of piperazine rings is 1. The van der Waals surface area contributed by atoms with E-state index in [1.165, 1.54) is 6.07 Å². The van der Waals surface area contributed by atoms with E-state index in [9.17, 15) is 13.2 Å². The minimum atomic E-state index is -4.43. The van der Waals surface area contributed by atoms with Crippen LogP contribution in [-0.2, 0) is 6.18 Å². The van der Waals surface area contributed by atoms with Gasteiger partial charge >= 0.3 is 6.18 Å². The number of rotatable bonds is 4. The molecule has 0 aromatic carbocycles. The second-order valence-electron chi connectivity index (χ2n) is 5.63. The van der Waals surface area contributed by atoms with Crippen LogP contribution in [0.4, 0.5) is 30.8 Å². The van der Waals surface area contributed by atoms with Crippen molar-refractivity contribution in [3.63, 3.8) is 0 Å². The van der Waals surface area contributed by atoms with Crippen molar-refractivity contribution in [2.45, 2.75) is 13.1 Å². The van der Waals surface area contributed by atoms with E-state index in [1.807, 2.05) is 16.7 Å². The number of nitrogens with zero attached hydrogens (tertiary/aromatic N) is 5. The Balaban J connectivity index is 1.67. The van der Waals surface area contributed by atoms with Crippen molar-refractivity contribution in [2.24, 2.45) is 0 Å². The van der Waals surface area contributed by atoms with Crippen molar-refractivity contribution in [3.05, 3.63) is 36.2 Å². The van der Waals surface area contributed by atoms with Gasteiger partial charge < -0.3 is 15.1 Å². The van der Waals surface area contributed by atoms with Crippen molar-refractivity contribution >= 4 is 17.6 Å². The van der Waals surface area contributed by atoms with Gasteiger partial charge in [0.05, 0.1) is 0 Å². The van der Waals surface area contributed by atoms with Crippen LogP contribution in [0.3, 0.4) is 0 Å². The van der Waals surface area contributed by atoms with Crippen molar-refractivity contribution in [1.82, 2.24) is 15.0 Å². The molecule has 25 heavy (non-hydrogen) atoms. The van der Waals surface area contributed by atoms with E-state index in [2.05, 4.69) is 20.3 Å². The van der Waals surface area contributed by atoms with Gasteiger partial charge in [0.25, 0.3) is 0 Å². The van der Waals surface area contributed by atoms with Crippen LogP contribution in [0.1, 0.15) is 12.6 Å². The summed E-state index contributed by atoms with van der Waals surface area (Å²) >= 11 is 0. The highest BCUT2D eigenvalue weighted by Gasteiger charge is 2.33. The van der Waals surface area contributed by atoms with Gasteiger partial charge in [-0.05, 0) is 25.1 Å². The summed E-state index contributed by atoms with van der Waals surface area (Å²) in [5.74, 6) is 1.72. The van der Waals surface area contributed by atoms with E-state index >= 15 is 0 Å². The first kappa shape index (κ1) is 17.2. The summed E-state index contributed by atoms with van der Waals surface area (Å²) in [4.78, 5) is 16.3. The maximum atomic E-state index is 12.8. The van der Waals surface area contributed by atoms with Gasteiger partial charge in [-0.2, -0.15) is 18.2 Å². The average Bonchev–Trinajstić information content (AvgIpc) is 2.62. The van der Waals surface area contributed by atoms with Crippen LogP contribution in [-0.4, -0.2) is 47.7 Å². The zero-order chi connectivity index (χ0) is 17.9. The van der Waals surface area contributed by atoms with E-state index in [1.54, 1.807) is 18.3 Å². The van der Waals surface area contributed by atoms with Crippen LogP contribution in [0.25, 0.3) is 0 Å². The van der Waals surface area contributed by atoms with Crippen LogP contribution in [0, 0.1) is 0 Å². The number of alkyl halides is 3. The molecule has 1 aliphatic heterocycles. The summed E-state index contributed by atoms with van der Waals surface area (Å²) < 4.78 is 38.4. The van der Waals surface area contributed by atoms with Crippen LogP contribution in [0.2, 0.25) is 0 Å². The normalized spacial score (nSPS) is 15.4. The first-order valence-electron chi connectivity index (χ1n) is 8.08. The fourth-order valence-electron chi connectivity index (χ4n) is 2.67. The molecule has 1 fully saturated rings. The van der Waals surface area contributed by atoms with E-state index in [4.69, 9.17) is 0 Å². The van der Waals surface area contributed by atoms with Gasteiger partial charge in [0.15, 0.2) is 0 Å². The number of nitrogens with one attached hydrogen (secondary N) is 1. The predicted octanol–water partition coefficient (Wildman–Crippen LogP) is 2.65. The zero-order valence-electron chi connectivity index (χ0n) is 13.8. The molecule has 3 rings (SSSR count). The molecule has 2 aromatic heterocycles. The molecule has 0 spiro atoms. The molecule has 0 atom stereocenters. The molecule has 0 radical (unpaired) electrons. The lowest BCUT2D eigenvalue weighted by Crippen LogP contribution is -2.47. The summed E-state index contributed by atoms with van der Waals surface area (Å²) in [5.41, 5.74) is -0.867. The standard InChI is InChI=1S/C16H19F3N6/c1-2-20-13-6-7-21-15(23-13)25-10-8-24(9-11-25)14-5-3-4-12(22-14)16(17,18)19/h3-7H,2,8-11H2,1H3,(H,20,21,23). The Bertz CT molecular complexity index is 713. The van der Waals surface area contributed by atoms with Crippen LogP contribution in [0.15, 0.2) is 30.5 Å². The Labute approximate surface area is 143 Å². The fraction of sp³-hybridized carbons (Fsp3) is 0.438.